The molecule has 1 aromatic heterocycles. The second kappa shape index (κ2) is 8.61. The molecule has 0 aliphatic heterocycles. The van der Waals surface area contributed by atoms with E-state index in [0.29, 0.717) is 6.61 Å². The first-order valence-corrected chi connectivity index (χ1v) is 5.23. The highest BCUT2D eigenvalue weighted by Crippen LogP contribution is 2.14. The average molecular weight is 287 g/mol. The fourth-order valence-corrected chi connectivity index (χ4v) is 1.42. The number of hydrogen-bond donors (Lipinski definition) is 1. The van der Waals surface area contributed by atoms with Crippen LogP contribution in [0.1, 0.15) is 5.69 Å². The molecule has 1 heterocycles. The molecule has 0 saturated carbocycles. The van der Waals surface area contributed by atoms with Crippen molar-refractivity contribution >= 4 is 30.5 Å². The Labute approximate surface area is 119 Å². The first kappa shape index (κ1) is 16.6. The molecule has 0 amide bonds. The number of nitrogens with zero attached hydrogens (tertiary/aromatic N) is 1. The molecule has 18 heavy (non-hydrogen) atoms. The highest BCUT2D eigenvalue weighted by atomic mass is 35.5. The monoisotopic (exact) mass is 286 g/mol. The molecule has 0 fully saturated rings. The van der Waals surface area contributed by atoms with Crippen LogP contribution < -0.4 is 10.5 Å². The summed E-state index contributed by atoms with van der Waals surface area (Å²) in [5.41, 5.74) is 7.40. The van der Waals surface area contributed by atoms with Gasteiger partial charge in [0.1, 0.15) is 5.75 Å². The quantitative estimate of drug-likeness (QED) is 0.879. The van der Waals surface area contributed by atoms with E-state index in [1.807, 2.05) is 42.5 Å². The van der Waals surface area contributed by atoms with E-state index < -0.39 is 0 Å². The molecular weight excluding hydrogens is 271 g/mol. The van der Waals surface area contributed by atoms with Gasteiger partial charge >= 0.3 is 0 Å². The van der Waals surface area contributed by atoms with Crippen molar-refractivity contribution in [3.63, 3.8) is 0 Å². The summed E-state index contributed by atoms with van der Waals surface area (Å²) < 4.78 is 5.57. The highest BCUT2D eigenvalue weighted by Gasteiger charge is 1.96. The molecule has 2 N–H and O–H groups in total. The third kappa shape index (κ3) is 5.25. The predicted octanol–water partition coefficient (Wildman–Crippen LogP) is 3.13. The number of ether oxygens (including phenoxy) is 1. The number of pyridine rings is 1. The van der Waals surface area contributed by atoms with Gasteiger partial charge in [0.25, 0.3) is 0 Å². The summed E-state index contributed by atoms with van der Waals surface area (Å²) in [5.74, 6) is 0.802. The molecule has 3 nitrogen and oxygen atoms in total. The van der Waals surface area contributed by atoms with Crippen LogP contribution >= 0.6 is 24.8 Å². The van der Waals surface area contributed by atoms with Crippen LogP contribution in [0.2, 0.25) is 0 Å². The van der Waals surface area contributed by atoms with Crippen molar-refractivity contribution in [1.82, 2.24) is 4.98 Å². The van der Waals surface area contributed by atoms with Crippen LogP contribution in [0, 0.1) is 0 Å². The van der Waals surface area contributed by atoms with Crippen LogP contribution in [-0.4, -0.2) is 11.6 Å². The molecule has 0 bridgehead atoms. The van der Waals surface area contributed by atoms with Gasteiger partial charge in [-0.15, -0.1) is 24.8 Å². The van der Waals surface area contributed by atoms with E-state index in [-0.39, 0.29) is 24.8 Å². The van der Waals surface area contributed by atoms with Crippen molar-refractivity contribution < 1.29 is 4.74 Å². The summed E-state index contributed by atoms with van der Waals surface area (Å²) in [6.45, 7) is 0.612. The minimum atomic E-state index is 0. The van der Waals surface area contributed by atoms with Crippen molar-refractivity contribution in [3.05, 3.63) is 54.4 Å². The third-order valence-corrected chi connectivity index (χ3v) is 2.21. The van der Waals surface area contributed by atoms with Gasteiger partial charge in [-0.25, -0.2) is 0 Å². The maximum Gasteiger partial charge on any atom is 0.121 e. The van der Waals surface area contributed by atoms with E-state index in [2.05, 4.69) is 4.98 Å². The minimum Gasteiger partial charge on any atom is -0.493 e. The second-order valence-corrected chi connectivity index (χ2v) is 3.49. The average Bonchev–Trinajstić information content (AvgIpc) is 2.30. The van der Waals surface area contributed by atoms with Gasteiger partial charge in [-0.05, 0) is 24.3 Å². The lowest BCUT2D eigenvalue weighted by Gasteiger charge is -2.06. The minimum absolute atomic E-state index is 0. The van der Waals surface area contributed by atoms with Crippen molar-refractivity contribution in [3.8, 4) is 5.75 Å². The Balaban J connectivity index is 0.00000144. The van der Waals surface area contributed by atoms with Crippen molar-refractivity contribution in [2.75, 3.05) is 12.3 Å². The highest BCUT2D eigenvalue weighted by molar-refractivity contribution is 5.85. The van der Waals surface area contributed by atoms with Gasteiger partial charge in [-0.3, -0.25) is 4.98 Å². The molecule has 0 saturated heterocycles. The molecule has 5 heteroatoms. The van der Waals surface area contributed by atoms with Crippen molar-refractivity contribution in [1.29, 1.82) is 0 Å². The molecule has 2 aromatic rings. The molecular formula is C13H16Cl2N2O. The zero-order valence-corrected chi connectivity index (χ0v) is 11.4. The largest absolute Gasteiger partial charge is 0.493 e. The van der Waals surface area contributed by atoms with Gasteiger partial charge in [0.2, 0.25) is 0 Å². The molecule has 0 spiro atoms. The zero-order valence-electron chi connectivity index (χ0n) is 9.78. The van der Waals surface area contributed by atoms with Crippen LogP contribution in [-0.2, 0) is 6.42 Å². The summed E-state index contributed by atoms with van der Waals surface area (Å²) in [4.78, 5) is 4.22. The Kier molecular flexibility index (Phi) is 7.92. The summed E-state index contributed by atoms with van der Waals surface area (Å²) in [6.07, 6.45) is 2.59. The number of rotatable bonds is 4. The molecule has 0 aliphatic carbocycles. The van der Waals surface area contributed by atoms with Gasteiger partial charge in [0.05, 0.1) is 6.61 Å². The Morgan fingerprint density at radius 3 is 2.56 bits per heavy atom. The number of benzene rings is 1. The zero-order chi connectivity index (χ0) is 11.2. The third-order valence-electron chi connectivity index (χ3n) is 2.21. The molecule has 0 radical (unpaired) electrons. The van der Waals surface area contributed by atoms with Gasteiger partial charge in [-0.2, -0.15) is 0 Å². The lowest BCUT2D eigenvalue weighted by atomic mass is 10.3. The second-order valence-electron chi connectivity index (χ2n) is 3.49. The molecule has 98 valence electrons. The topological polar surface area (TPSA) is 48.1 Å². The molecule has 0 unspecified atom stereocenters. The number of nitrogens with two attached hydrogens (primary N) is 1. The first-order chi connectivity index (χ1) is 7.84. The fourth-order valence-electron chi connectivity index (χ4n) is 1.42. The Morgan fingerprint density at radius 1 is 1.06 bits per heavy atom. The van der Waals surface area contributed by atoms with E-state index in [0.717, 1.165) is 23.6 Å². The summed E-state index contributed by atoms with van der Waals surface area (Å²) in [7, 11) is 0. The van der Waals surface area contributed by atoms with E-state index in [1.54, 1.807) is 6.20 Å². The molecule has 1 aromatic carbocycles. The van der Waals surface area contributed by atoms with Gasteiger partial charge in [0, 0.05) is 30.1 Å². The Hall–Kier alpha value is -1.45. The maximum absolute atomic E-state index is 5.65. The van der Waals surface area contributed by atoms with Crippen molar-refractivity contribution in [2.45, 2.75) is 6.42 Å². The first-order valence-electron chi connectivity index (χ1n) is 5.23. The van der Waals surface area contributed by atoms with E-state index in [4.69, 9.17) is 10.5 Å². The van der Waals surface area contributed by atoms with Gasteiger partial charge in [0.15, 0.2) is 0 Å². The summed E-state index contributed by atoms with van der Waals surface area (Å²) >= 11 is 0. The van der Waals surface area contributed by atoms with Crippen LogP contribution in [0.25, 0.3) is 0 Å². The van der Waals surface area contributed by atoms with Gasteiger partial charge < -0.3 is 10.5 Å². The fraction of sp³-hybridized carbons (Fsp3) is 0.154. The number of hydrogen-bond acceptors (Lipinski definition) is 3. The van der Waals surface area contributed by atoms with Crippen LogP contribution in [0.3, 0.4) is 0 Å². The lowest BCUT2D eigenvalue weighted by molar-refractivity contribution is 0.320. The van der Waals surface area contributed by atoms with E-state index >= 15 is 0 Å². The van der Waals surface area contributed by atoms with Gasteiger partial charge in [-0.1, -0.05) is 12.1 Å². The normalized spacial score (nSPS) is 8.89. The molecule has 0 atom stereocenters. The maximum atomic E-state index is 5.65. The number of aromatic nitrogens is 1. The molecule has 0 aliphatic rings. The Bertz CT molecular complexity index is 452. The number of halogens is 2. The Morgan fingerprint density at radius 2 is 1.89 bits per heavy atom. The molecule has 2 rings (SSSR count). The number of anilines is 1. The van der Waals surface area contributed by atoms with Crippen molar-refractivity contribution in [2.24, 2.45) is 0 Å². The van der Waals surface area contributed by atoms with E-state index in [9.17, 15) is 0 Å². The van der Waals surface area contributed by atoms with Crippen LogP contribution in [0.4, 0.5) is 5.69 Å². The van der Waals surface area contributed by atoms with Crippen LogP contribution in [0.15, 0.2) is 48.7 Å². The van der Waals surface area contributed by atoms with Crippen LogP contribution in [0.5, 0.6) is 5.75 Å². The predicted molar refractivity (Wildman–Crippen MR) is 78.8 cm³/mol. The summed E-state index contributed by atoms with van der Waals surface area (Å²) in [6, 6.07) is 13.3. The standard InChI is InChI=1S/C13H14N2O.2ClH/c14-11-4-3-6-13(10-11)16-9-7-12-5-1-2-8-15-12;;/h1-6,8,10H,7,9,14H2;2*1H. The van der Waals surface area contributed by atoms with E-state index in [1.165, 1.54) is 0 Å². The number of nitrogen functional groups attached to an aromatic ring is 1. The summed E-state index contributed by atoms with van der Waals surface area (Å²) in [5, 5.41) is 0. The SMILES string of the molecule is Cl.Cl.Nc1cccc(OCCc2ccccn2)c1. The lowest BCUT2D eigenvalue weighted by Crippen LogP contribution is -2.02. The smallest absolute Gasteiger partial charge is 0.121 e.